The van der Waals surface area contributed by atoms with Gasteiger partial charge in [-0.1, -0.05) is 39.4 Å². The first-order valence-corrected chi connectivity index (χ1v) is 11.2. The van der Waals surface area contributed by atoms with Crippen LogP contribution >= 0.6 is 27.3 Å². The third-order valence-electron chi connectivity index (χ3n) is 4.83. The van der Waals surface area contributed by atoms with Gasteiger partial charge in [0.15, 0.2) is 17.3 Å². The van der Waals surface area contributed by atoms with Crippen LogP contribution in [0.2, 0.25) is 0 Å². The molecule has 32 heavy (non-hydrogen) atoms. The number of methoxy groups -OCH3 is 2. The Balaban J connectivity index is 1.50. The Morgan fingerprint density at radius 1 is 1.03 bits per heavy atom. The molecule has 0 aliphatic rings. The minimum Gasteiger partial charge on any atom is -0.493 e. The SMILES string of the molecule is COc1ccc(-c2nc3sc(=Cc4ccc(-c5cccc(Br)c5)o4)c(=O)n3n2)cc1OC. The fourth-order valence-corrected chi connectivity index (χ4v) is 4.57. The van der Waals surface area contributed by atoms with Gasteiger partial charge in [0.2, 0.25) is 4.96 Å². The Morgan fingerprint density at radius 3 is 2.62 bits per heavy atom. The molecule has 2 aromatic carbocycles. The summed E-state index contributed by atoms with van der Waals surface area (Å²) in [6, 6.07) is 16.9. The van der Waals surface area contributed by atoms with Crippen LogP contribution in [-0.2, 0) is 0 Å². The van der Waals surface area contributed by atoms with E-state index in [1.54, 1.807) is 32.4 Å². The van der Waals surface area contributed by atoms with Crippen molar-refractivity contribution >= 4 is 38.3 Å². The molecule has 0 amide bonds. The predicted molar refractivity (Wildman–Crippen MR) is 126 cm³/mol. The molecular formula is C23H16BrN3O4S. The fraction of sp³-hybridized carbons (Fsp3) is 0.0870. The number of thiazole rings is 1. The van der Waals surface area contributed by atoms with Gasteiger partial charge < -0.3 is 13.9 Å². The van der Waals surface area contributed by atoms with Gasteiger partial charge in [-0.3, -0.25) is 4.79 Å². The summed E-state index contributed by atoms with van der Waals surface area (Å²) in [6.07, 6.45) is 1.71. The zero-order valence-electron chi connectivity index (χ0n) is 17.0. The monoisotopic (exact) mass is 509 g/mol. The second kappa shape index (κ2) is 8.25. The Morgan fingerprint density at radius 2 is 1.88 bits per heavy atom. The molecule has 0 bridgehead atoms. The van der Waals surface area contributed by atoms with E-state index < -0.39 is 0 Å². The molecule has 0 N–H and O–H groups in total. The average Bonchev–Trinajstić information content (AvgIpc) is 3.51. The maximum absolute atomic E-state index is 12.9. The van der Waals surface area contributed by atoms with E-state index in [0.717, 1.165) is 21.4 Å². The topological polar surface area (TPSA) is 78.9 Å². The average molecular weight is 510 g/mol. The van der Waals surface area contributed by atoms with Crippen molar-refractivity contribution in [3.8, 4) is 34.2 Å². The molecule has 160 valence electrons. The highest BCUT2D eigenvalue weighted by molar-refractivity contribution is 9.10. The first-order valence-electron chi connectivity index (χ1n) is 9.55. The Bertz CT molecular complexity index is 1550. The van der Waals surface area contributed by atoms with Crippen LogP contribution in [0.4, 0.5) is 0 Å². The molecule has 7 nitrogen and oxygen atoms in total. The summed E-state index contributed by atoms with van der Waals surface area (Å²) in [4.78, 5) is 17.9. The molecule has 0 saturated carbocycles. The molecule has 0 atom stereocenters. The van der Waals surface area contributed by atoms with Crippen LogP contribution in [0.1, 0.15) is 5.76 Å². The van der Waals surface area contributed by atoms with Gasteiger partial charge in [-0.2, -0.15) is 9.50 Å². The zero-order valence-corrected chi connectivity index (χ0v) is 19.4. The molecule has 0 unspecified atom stereocenters. The molecule has 0 aliphatic heterocycles. The van der Waals surface area contributed by atoms with Crippen LogP contribution in [-0.4, -0.2) is 28.8 Å². The Hall–Kier alpha value is -3.43. The molecule has 0 fully saturated rings. The largest absolute Gasteiger partial charge is 0.493 e. The van der Waals surface area contributed by atoms with E-state index in [2.05, 4.69) is 26.0 Å². The highest BCUT2D eigenvalue weighted by Gasteiger charge is 2.14. The summed E-state index contributed by atoms with van der Waals surface area (Å²) in [5.74, 6) is 2.93. The molecule has 0 spiro atoms. The second-order valence-corrected chi connectivity index (χ2v) is 8.75. The van der Waals surface area contributed by atoms with Crippen LogP contribution in [0.3, 0.4) is 0 Å². The van der Waals surface area contributed by atoms with E-state index >= 15 is 0 Å². The lowest BCUT2D eigenvalue weighted by Crippen LogP contribution is -2.23. The number of fused-ring (bicyclic) bond motifs is 1. The quantitative estimate of drug-likeness (QED) is 0.349. The van der Waals surface area contributed by atoms with Crippen molar-refractivity contribution < 1.29 is 13.9 Å². The standard InChI is InChI=1S/C23H16BrN3O4S/c1-29-18-8-6-14(11-19(18)30-2)21-25-23-27(26-21)22(28)20(32-23)12-16-7-9-17(31-16)13-4-3-5-15(24)10-13/h3-12H,1-2H3. The van der Waals surface area contributed by atoms with Crippen LogP contribution in [0.25, 0.3) is 33.7 Å². The summed E-state index contributed by atoms with van der Waals surface area (Å²) in [6.45, 7) is 0. The van der Waals surface area contributed by atoms with E-state index in [9.17, 15) is 4.79 Å². The third kappa shape index (κ3) is 3.69. The summed E-state index contributed by atoms with van der Waals surface area (Å²) in [5, 5.41) is 4.39. The number of hydrogen-bond acceptors (Lipinski definition) is 7. The molecule has 3 heterocycles. The molecule has 9 heteroatoms. The molecule has 5 aromatic rings. The Kier molecular flexibility index (Phi) is 5.28. The number of ether oxygens (including phenoxy) is 2. The number of benzene rings is 2. The number of rotatable bonds is 5. The van der Waals surface area contributed by atoms with Gasteiger partial charge in [0, 0.05) is 21.7 Å². The van der Waals surface area contributed by atoms with Crippen LogP contribution in [0.15, 0.2) is 68.3 Å². The summed E-state index contributed by atoms with van der Waals surface area (Å²) in [5.41, 5.74) is 1.43. The summed E-state index contributed by atoms with van der Waals surface area (Å²) >= 11 is 4.72. The molecular weight excluding hydrogens is 494 g/mol. The van der Waals surface area contributed by atoms with Gasteiger partial charge in [-0.15, -0.1) is 5.10 Å². The number of nitrogens with zero attached hydrogens (tertiary/aromatic N) is 3. The summed E-state index contributed by atoms with van der Waals surface area (Å²) in [7, 11) is 3.14. The van der Waals surface area contributed by atoms with E-state index in [0.29, 0.717) is 32.6 Å². The Labute approximate surface area is 194 Å². The summed E-state index contributed by atoms with van der Waals surface area (Å²) < 4.78 is 19.3. The van der Waals surface area contributed by atoms with Crippen LogP contribution < -0.4 is 19.6 Å². The smallest absolute Gasteiger partial charge is 0.291 e. The number of halogens is 1. The molecule has 0 radical (unpaired) electrons. The highest BCUT2D eigenvalue weighted by Crippen LogP contribution is 2.31. The highest BCUT2D eigenvalue weighted by atomic mass is 79.9. The van der Waals surface area contributed by atoms with Crippen LogP contribution in [0, 0.1) is 0 Å². The molecule has 0 saturated heterocycles. The van der Waals surface area contributed by atoms with Gasteiger partial charge in [-0.05, 0) is 42.5 Å². The van der Waals surface area contributed by atoms with Crippen molar-refractivity contribution in [2.45, 2.75) is 0 Å². The van der Waals surface area contributed by atoms with Gasteiger partial charge in [0.25, 0.3) is 5.56 Å². The van der Waals surface area contributed by atoms with E-state index in [1.165, 1.54) is 15.9 Å². The van der Waals surface area contributed by atoms with Crippen molar-refractivity contribution in [2.24, 2.45) is 0 Å². The van der Waals surface area contributed by atoms with Crippen molar-refractivity contribution in [1.82, 2.24) is 14.6 Å². The normalized spacial score (nSPS) is 11.9. The minimum atomic E-state index is -0.246. The lowest BCUT2D eigenvalue weighted by molar-refractivity contribution is 0.355. The first kappa shape index (κ1) is 20.5. The van der Waals surface area contributed by atoms with Gasteiger partial charge >= 0.3 is 0 Å². The van der Waals surface area contributed by atoms with Crippen molar-refractivity contribution in [3.63, 3.8) is 0 Å². The first-order chi connectivity index (χ1) is 15.6. The lowest BCUT2D eigenvalue weighted by Gasteiger charge is -2.07. The van der Waals surface area contributed by atoms with E-state index in [-0.39, 0.29) is 5.56 Å². The van der Waals surface area contributed by atoms with Crippen molar-refractivity contribution in [2.75, 3.05) is 14.2 Å². The van der Waals surface area contributed by atoms with Crippen molar-refractivity contribution in [1.29, 1.82) is 0 Å². The third-order valence-corrected chi connectivity index (χ3v) is 6.29. The predicted octanol–water partition coefficient (Wildman–Crippen LogP) is 4.41. The molecule has 3 aromatic heterocycles. The van der Waals surface area contributed by atoms with E-state index in [4.69, 9.17) is 13.9 Å². The van der Waals surface area contributed by atoms with Gasteiger partial charge in [0.1, 0.15) is 16.1 Å². The van der Waals surface area contributed by atoms with Gasteiger partial charge in [-0.25, -0.2) is 0 Å². The number of aromatic nitrogens is 3. The molecule has 0 aliphatic carbocycles. The maximum Gasteiger partial charge on any atom is 0.291 e. The van der Waals surface area contributed by atoms with Crippen molar-refractivity contribution in [3.05, 3.63) is 79.7 Å². The lowest BCUT2D eigenvalue weighted by atomic mass is 10.2. The zero-order chi connectivity index (χ0) is 22.2. The van der Waals surface area contributed by atoms with Gasteiger partial charge in [0.05, 0.1) is 14.2 Å². The second-order valence-electron chi connectivity index (χ2n) is 6.83. The minimum absolute atomic E-state index is 0.246. The number of hydrogen-bond donors (Lipinski definition) is 0. The van der Waals surface area contributed by atoms with Crippen LogP contribution in [0.5, 0.6) is 11.5 Å². The van der Waals surface area contributed by atoms with E-state index in [1.807, 2.05) is 42.5 Å². The maximum atomic E-state index is 12.9. The molecule has 5 rings (SSSR count). The fourth-order valence-electron chi connectivity index (χ4n) is 3.29. The number of furan rings is 1.